The molecule has 170 valence electrons. The number of anilines is 1. The largest absolute Gasteiger partial charge is 0.372 e. The third-order valence-corrected chi connectivity index (χ3v) is 5.92. The van der Waals surface area contributed by atoms with E-state index in [1.54, 1.807) is 18.3 Å². The summed E-state index contributed by atoms with van der Waals surface area (Å²) in [6.07, 6.45) is 3.22. The number of nitro benzene ring substituents is 1. The van der Waals surface area contributed by atoms with E-state index in [2.05, 4.69) is 46.3 Å². The van der Waals surface area contributed by atoms with E-state index in [4.69, 9.17) is 0 Å². The van der Waals surface area contributed by atoms with Gasteiger partial charge in [-0.05, 0) is 63.0 Å². The molecule has 0 bridgehead atoms. The molecule has 2 aromatic carbocycles. The van der Waals surface area contributed by atoms with E-state index in [-0.39, 0.29) is 17.5 Å². The second-order valence-corrected chi connectivity index (χ2v) is 7.97. The average Bonchev–Trinajstić information content (AvgIpc) is 2.81. The standard InChI is InChI=1S/C24H31N5O3/c1-3-28(4-2)22-9-5-19(6-10-22)17-25-26-24(30)21-13-15-27(16-14-21)18-20-7-11-23(12-8-20)29(31)32/h5-12,17,21H,3-4,13-16,18H2,1-2H3,(H,26,30)/b25-17+. The maximum atomic E-state index is 12.5. The molecule has 0 aromatic heterocycles. The maximum absolute atomic E-state index is 12.5. The van der Waals surface area contributed by atoms with Crippen molar-refractivity contribution in [3.05, 3.63) is 69.8 Å². The van der Waals surface area contributed by atoms with Crippen molar-refractivity contribution in [2.45, 2.75) is 33.2 Å². The number of benzene rings is 2. The predicted octanol–water partition coefficient (Wildman–Crippen LogP) is 3.80. The summed E-state index contributed by atoms with van der Waals surface area (Å²) >= 11 is 0. The summed E-state index contributed by atoms with van der Waals surface area (Å²) in [4.78, 5) is 27.4. The lowest BCUT2D eigenvalue weighted by atomic mass is 9.96. The lowest BCUT2D eigenvalue weighted by Crippen LogP contribution is -2.39. The fourth-order valence-electron chi connectivity index (χ4n) is 3.96. The van der Waals surface area contributed by atoms with Crippen molar-refractivity contribution in [1.82, 2.24) is 10.3 Å². The van der Waals surface area contributed by atoms with Gasteiger partial charge in [-0.2, -0.15) is 5.10 Å². The van der Waals surface area contributed by atoms with E-state index in [0.29, 0.717) is 0 Å². The van der Waals surface area contributed by atoms with Gasteiger partial charge in [0.15, 0.2) is 0 Å². The van der Waals surface area contributed by atoms with Crippen LogP contribution in [0.25, 0.3) is 0 Å². The molecule has 1 aliphatic heterocycles. The summed E-state index contributed by atoms with van der Waals surface area (Å²) in [7, 11) is 0. The molecule has 0 unspecified atom stereocenters. The number of nitrogens with one attached hydrogen (secondary N) is 1. The van der Waals surface area contributed by atoms with Crippen LogP contribution in [-0.4, -0.2) is 48.1 Å². The Morgan fingerprint density at radius 2 is 1.75 bits per heavy atom. The van der Waals surface area contributed by atoms with Crippen LogP contribution in [0.2, 0.25) is 0 Å². The molecule has 8 heteroatoms. The molecule has 3 rings (SSSR count). The van der Waals surface area contributed by atoms with Crippen molar-refractivity contribution in [2.75, 3.05) is 31.1 Å². The highest BCUT2D eigenvalue weighted by atomic mass is 16.6. The molecule has 1 amide bonds. The molecule has 1 heterocycles. The Labute approximate surface area is 189 Å². The van der Waals surface area contributed by atoms with Crippen LogP contribution >= 0.6 is 0 Å². The first-order valence-electron chi connectivity index (χ1n) is 11.1. The Bertz CT molecular complexity index is 916. The van der Waals surface area contributed by atoms with Crippen molar-refractivity contribution in [2.24, 2.45) is 11.0 Å². The summed E-state index contributed by atoms with van der Waals surface area (Å²) in [5, 5.41) is 14.9. The molecule has 1 saturated heterocycles. The minimum atomic E-state index is -0.391. The molecule has 0 radical (unpaired) electrons. The normalized spacial score (nSPS) is 15.1. The van der Waals surface area contributed by atoms with E-state index in [1.807, 2.05) is 12.1 Å². The molecular formula is C24H31N5O3. The predicted molar refractivity (Wildman–Crippen MR) is 127 cm³/mol. The van der Waals surface area contributed by atoms with Gasteiger partial charge >= 0.3 is 0 Å². The number of amides is 1. The van der Waals surface area contributed by atoms with Gasteiger partial charge in [0.05, 0.1) is 11.1 Å². The molecule has 0 saturated carbocycles. The summed E-state index contributed by atoms with van der Waals surface area (Å²) in [6.45, 7) is 8.55. The highest BCUT2D eigenvalue weighted by Crippen LogP contribution is 2.20. The zero-order valence-corrected chi connectivity index (χ0v) is 18.7. The van der Waals surface area contributed by atoms with Crippen molar-refractivity contribution >= 4 is 23.5 Å². The Morgan fingerprint density at radius 1 is 1.12 bits per heavy atom. The average molecular weight is 438 g/mol. The quantitative estimate of drug-likeness (QED) is 0.366. The topological polar surface area (TPSA) is 91.1 Å². The third kappa shape index (κ3) is 6.37. The van der Waals surface area contributed by atoms with Gasteiger partial charge in [-0.3, -0.25) is 19.8 Å². The number of hydrogen-bond donors (Lipinski definition) is 1. The number of carbonyl (C=O) groups is 1. The monoisotopic (exact) mass is 437 g/mol. The Morgan fingerprint density at radius 3 is 2.31 bits per heavy atom. The zero-order chi connectivity index (χ0) is 22.9. The van der Waals surface area contributed by atoms with Crippen LogP contribution in [0.15, 0.2) is 53.6 Å². The first kappa shape index (κ1) is 23.4. The van der Waals surface area contributed by atoms with Crippen molar-refractivity contribution in [3.8, 4) is 0 Å². The summed E-state index contributed by atoms with van der Waals surface area (Å²) in [5.74, 6) is -0.0960. The molecule has 0 aliphatic carbocycles. The van der Waals surface area contributed by atoms with Gasteiger partial charge in [-0.15, -0.1) is 0 Å². The minimum Gasteiger partial charge on any atom is -0.372 e. The maximum Gasteiger partial charge on any atom is 0.269 e. The minimum absolute atomic E-state index is 0.0454. The van der Waals surface area contributed by atoms with Crippen LogP contribution in [0, 0.1) is 16.0 Å². The van der Waals surface area contributed by atoms with E-state index in [9.17, 15) is 14.9 Å². The lowest BCUT2D eigenvalue weighted by molar-refractivity contribution is -0.384. The number of rotatable bonds is 9. The first-order chi connectivity index (χ1) is 15.5. The van der Waals surface area contributed by atoms with Gasteiger partial charge in [0.1, 0.15) is 0 Å². The van der Waals surface area contributed by atoms with Crippen molar-refractivity contribution in [1.29, 1.82) is 0 Å². The number of nitro groups is 1. The van der Waals surface area contributed by atoms with E-state index in [0.717, 1.165) is 56.7 Å². The molecule has 2 aromatic rings. The van der Waals surface area contributed by atoms with Crippen LogP contribution in [0.5, 0.6) is 0 Å². The highest BCUT2D eigenvalue weighted by Gasteiger charge is 2.24. The molecule has 1 aliphatic rings. The zero-order valence-electron chi connectivity index (χ0n) is 18.7. The fourth-order valence-corrected chi connectivity index (χ4v) is 3.96. The molecule has 1 fully saturated rings. The smallest absolute Gasteiger partial charge is 0.269 e. The second-order valence-electron chi connectivity index (χ2n) is 7.97. The fraction of sp³-hybridized carbons (Fsp3) is 0.417. The van der Waals surface area contributed by atoms with Crippen LogP contribution in [0.4, 0.5) is 11.4 Å². The summed E-state index contributed by atoms with van der Waals surface area (Å²) in [5.41, 5.74) is 5.94. The van der Waals surface area contributed by atoms with Crippen LogP contribution in [0.3, 0.4) is 0 Å². The molecule has 0 atom stereocenters. The van der Waals surface area contributed by atoms with Crippen LogP contribution in [0.1, 0.15) is 37.8 Å². The molecular weight excluding hydrogens is 406 g/mol. The molecule has 32 heavy (non-hydrogen) atoms. The number of non-ortho nitro benzene ring substituents is 1. The Kier molecular flexibility index (Phi) is 8.33. The van der Waals surface area contributed by atoms with E-state index >= 15 is 0 Å². The number of carbonyl (C=O) groups excluding carboxylic acids is 1. The molecule has 8 nitrogen and oxygen atoms in total. The van der Waals surface area contributed by atoms with Gasteiger partial charge in [0, 0.05) is 43.4 Å². The van der Waals surface area contributed by atoms with Gasteiger partial charge in [-0.1, -0.05) is 24.3 Å². The Hall–Kier alpha value is -3.26. The number of nitrogens with zero attached hydrogens (tertiary/aromatic N) is 4. The number of hydrazone groups is 1. The van der Waals surface area contributed by atoms with E-state index in [1.165, 1.54) is 17.8 Å². The van der Waals surface area contributed by atoms with Crippen molar-refractivity contribution in [3.63, 3.8) is 0 Å². The first-order valence-corrected chi connectivity index (χ1v) is 11.1. The SMILES string of the molecule is CCN(CC)c1ccc(/C=N/NC(=O)C2CCN(Cc3ccc([N+](=O)[O-])cc3)CC2)cc1. The second kappa shape index (κ2) is 11.4. The van der Waals surface area contributed by atoms with Crippen LogP contribution in [-0.2, 0) is 11.3 Å². The Balaban J connectivity index is 1.42. The highest BCUT2D eigenvalue weighted by molar-refractivity contribution is 5.83. The number of piperidine rings is 1. The van der Waals surface area contributed by atoms with Crippen molar-refractivity contribution < 1.29 is 9.72 Å². The lowest BCUT2D eigenvalue weighted by Gasteiger charge is -2.30. The molecule has 0 spiro atoms. The summed E-state index contributed by atoms with van der Waals surface area (Å²) in [6, 6.07) is 14.8. The number of likely N-dealkylation sites (tertiary alicyclic amines) is 1. The van der Waals surface area contributed by atoms with Gasteiger partial charge in [0.25, 0.3) is 5.69 Å². The molecule has 1 N–H and O–H groups in total. The van der Waals surface area contributed by atoms with Gasteiger partial charge in [0.2, 0.25) is 5.91 Å². The summed E-state index contributed by atoms with van der Waals surface area (Å²) < 4.78 is 0. The van der Waals surface area contributed by atoms with Crippen LogP contribution < -0.4 is 10.3 Å². The number of hydrogen-bond acceptors (Lipinski definition) is 6. The van der Waals surface area contributed by atoms with Gasteiger partial charge < -0.3 is 4.90 Å². The van der Waals surface area contributed by atoms with E-state index < -0.39 is 4.92 Å². The van der Waals surface area contributed by atoms with Gasteiger partial charge in [-0.25, -0.2) is 5.43 Å². The third-order valence-electron chi connectivity index (χ3n) is 5.92.